The number of benzene rings is 2. The standard InChI is InChI=1S/C53H74ClN7O12/c1-33-14-13-17-43(68-10)53(67)31-42(71-51(66)57-53)35(3)49-52(5,73-49)44(30-47(64)60(9)41-28-37(26-33)27-34(2)48(41)54)72-50(65)36(4)59(8)46(63)19-22-69-24-25-70-23-20-56-45(62)18-21-61-39(32-58(7)55-6)29-38-15-11-12-16-40(38)61/h11-17,27-29,35-36,42-44,49,55,67H,18-26,30-32H2,1-10H3,(H,56,62)(H,57,66)/b17-13+,33-14+/t35-,36+,42+,43-,44+,49?,52-,53-/m1/s1. The van der Waals surface area contributed by atoms with Crippen molar-refractivity contribution in [3.05, 3.63) is 88.1 Å². The largest absolute Gasteiger partial charge is 0.457 e. The molecular weight excluding hydrogens is 962 g/mol. The third-order valence-corrected chi connectivity index (χ3v) is 14.7. The van der Waals surface area contributed by atoms with Gasteiger partial charge in [0.05, 0.1) is 62.6 Å². The normalized spacial score (nSPS) is 26.0. The summed E-state index contributed by atoms with van der Waals surface area (Å²) in [5.41, 5.74) is 5.30. The van der Waals surface area contributed by atoms with Crippen molar-refractivity contribution in [1.82, 2.24) is 30.5 Å². The molecule has 0 saturated carbocycles. The fraction of sp³-hybridized carbons (Fsp3) is 0.566. The topological polar surface area (TPSA) is 215 Å². The SMILES string of the molecule is CNN(C)Cc1cc2ccccc2n1CCC(=O)NCCOCCOCCC(=O)N(C)[C@@H](C)C(=O)O[C@H]1CC(=O)N(C)c2cc(cc(C)c2Cl)C/C(C)=C/C=C/[C@@H](OC)[C@]2(O)C[C@H](OC(=O)N2)[C@@H](C)C2O[C@@]21C. The van der Waals surface area contributed by atoms with Crippen molar-refractivity contribution >= 4 is 58.0 Å². The summed E-state index contributed by atoms with van der Waals surface area (Å²) in [4.78, 5) is 70.0. The Balaban J connectivity index is 1.01. The van der Waals surface area contributed by atoms with E-state index < -0.39 is 65.7 Å². The van der Waals surface area contributed by atoms with Crippen molar-refractivity contribution in [2.24, 2.45) is 5.92 Å². The summed E-state index contributed by atoms with van der Waals surface area (Å²) in [6.07, 6.45) is 1.19. The van der Waals surface area contributed by atoms with E-state index in [0.717, 1.165) is 33.3 Å². The fourth-order valence-corrected chi connectivity index (χ4v) is 9.70. The van der Waals surface area contributed by atoms with Crippen LogP contribution in [-0.2, 0) is 67.1 Å². The van der Waals surface area contributed by atoms with E-state index in [1.807, 2.05) is 63.3 Å². The lowest BCUT2D eigenvalue weighted by molar-refractivity contribution is -0.162. The Kier molecular flexibility index (Phi) is 19.7. The first-order valence-electron chi connectivity index (χ1n) is 24.8. The Morgan fingerprint density at radius 3 is 2.51 bits per heavy atom. The minimum atomic E-state index is -1.84. The number of esters is 1. The molecule has 1 aromatic heterocycles. The van der Waals surface area contributed by atoms with E-state index in [9.17, 15) is 29.1 Å². The van der Waals surface area contributed by atoms with Crippen LogP contribution in [0.5, 0.6) is 0 Å². The number of likely N-dealkylation sites (N-methyl/N-ethyl adjacent to an activating group) is 1. The summed E-state index contributed by atoms with van der Waals surface area (Å²) in [7, 11) is 8.36. The maximum atomic E-state index is 14.3. The predicted molar refractivity (Wildman–Crippen MR) is 275 cm³/mol. The van der Waals surface area contributed by atoms with E-state index in [-0.39, 0.29) is 57.5 Å². The van der Waals surface area contributed by atoms with E-state index in [4.69, 9.17) is 40.0 Å². The Morgan fingerprint density at radius 2 is 1.78 bits per heavy atom. The number of hydrogen-bond donors (Lipinski definition) is 4. The van der Waals surface area contributed by atoms with E-state index in [0.29, 0.717) is 43.2 Å². The maximum absolute atomic E-state index is 14.3. The molecule has 3 aliphatic heterocycles. The van der Waals surface area contributed by atoms with E-state index in [1.165, 1.54) is 30.9 Å². The number of carbonyl (C=O) groups is 5. The minimum absolute atomic E-state index is 0.0312. The highest BCUT2D eigenvalue weighted by molar-refractivity contribution is 6.34. The van der Waals surface area contributed by atoms with Gasteiger partial charge in [-0.1, -0.05) is 66.6 Å². The summed E-state index contributed by atoms with van der Waals surface area (Å²) in [6.45, 7) is 11.2. The lowest BCUT2D eigenvalue weighted by Gasteiger charge is -2.42. The van der Waals surface area contributed by atoms with Gasteiger partial charge in [0.15, 0.2) is 5.72 Å². The second kappa shape index (κ2) is 25.2. The number of para-hydroxylation sites is 1. The number of amides is 4. The second-order valence-electron chi connectivity index (χ2n) is 19.5. The highest BCUT2D eigenvalue weighted by atomic mass is 35.5. The molecule has 2 saturated heterocycles. The number of aromatic nitrogens is 1. The number of ether oxygens (including phenoxy) is 6. The number of nitrogens with zero attached hydrogens (tertiary/aromatic N) is 4. The molecule has 400 valence electrons. The Labute approximate surface area is 433 Å². The van der Waals surface area contributed by atoms with Gasteiger partial charge in [-0.3, -0.25) is 25.1 Å². The molecule has 6 rings (SSSR count). The van der Waals surface area contributed by atoms with Gasteiger partial charge < -0.3 is 53.2 Å². The van der Waals surface area contributed by atoms with Crippen LogP contribution in [-0.4, -0.2) is 159 Å². The van der Waals surface area contributed by atoms with Crippen LogP contribution in [0.15, 0.2) is 66.3 Å². The number of nitrogens with one attached hydrogen (secondary N) is 3. The van der Waals surface area contributed by atoms with Crippen LogP contribution >= 0.6 is 11.6 Å². The van der Waals surface area contributed by atoms with Crippen LogP contribution < -0.4 is 21.0 Å². The minimum Gasteiger partial charge on any atom is -0.457 e. The van der Waals surface area contributed by atoms with Gasteiger partial charge in [0.25, 0.3) is 0 Å². The van der Waals surface area contributed by atoms with Gasteiger partial charge in [0.1, 0.15) is 30.0 Å². The van der Waals surface area contributed by atoms with Crippen molar-refractivity contribution in [1.29, 1.82) is 0 Å². The number of alkyl carbamates (subject to hydrolysis) is 1. The molecule has 3 aliphatic rings. The number of hydrogen-bond acceptors (Lipinski definition) is 14. The lowest BCUT2D eigenvalue weighted by Crippen LogP contribution is -2.63. The van der Waals surface area contributed by atoms with Crippen LogP contribution in [0.4, 0.5) is 10.5 Å². The fourth-order valence-electron chi connectivity index (χ4n) is 9.46. The number of halogens is 1. The average molecular weight is 1040 g/mol. The number of allylic oxidation sites excluding steroid dienone is 3. The van der Waals surface area contributed by atoms with Crippen molar-refractivity contribution in [3.8, 4) is 0 Å². The predicted octanol–water partition coefficient (Wildman–Crippen LogP) is 4.97. The smallest absolute Gasteiger partial charge is 0.409 e. The number of anilines is 1. The molecule has 4 heterocycles. The van der Waals surface area contributed by atoms with Gasteiger partial charge in [-0.2, -0.15) is 0 Å². The summed E-state index contributed by atoms with van der Waals surface area (Å²) < 4.78 is 37.3. The van der Waals surface area contributed by atoms with Crippen molar-refractivity contribution in [2.45, 2.75) is 122 Å². The maximum Gasteiger partial charge on any atom is 0.409 e. The van der Waals surface area contributed by atoms with E-state index in [1.54, 1.807) is 33.0 Å². The molecule has 3 aromatic rings. The van der Waals surface area contributed by atoms with Crippen LogP contribution in [0, 0.1) is 12.8 Å². The summed E-state index contributed by atoms with van der Waals surface area (Å²) in [5.74, 6) is -2.20. The van der Waals surface area contributed by atoms with Crippen LogP contribution in [0.25, 0.3) is 10.9 Å². The number of hydrazine groups is 1. The van der Waals surface area contributed by atoms with E-state index >= 15 is 0 Å². The van der Waals surface area contributed by atoms with Crippen LogP contribution in [0.2, 0.25) is 5.02 Å². The first kappa shape index (κ1) is 56.9. The Morgan fingerprint density at radius 1 is 1.05 bits per heavy atom. The molecule has 4 amide bonds. The van der Waals surface area contributed by atoms with Crippen LogP contribution in [0.3, 0.4) is 0 Å². The molecule has 8 atom stereocenters. The third kappa shape index (κ3) is 14.3. The summed E-state index contributed by atoms with van der Waals surface area (Å²) >= 11 is 6.83. The quantitative estimate of drug-likeness (QED) is 0.0541. The van der Waals surface area contributed by atoms with Gasteiger partial charge >= 0.3 is 12.1 Å². The molecule has 2 fully saturated rings. The number of aliphatic hydroxyl groups is 1. The molecule has 4 N–H and O–H groups in total. The molecular formula is C53H74ClN7O12. The highest BCUT2D eigenvalue weighted by Crippen LogP contribution is 2.49. The molecule has 0 radical (unpaired) electrons. The summed E-state index contributed by atoms with van der Waals surface area (Å²) in [5, 5.41) is 20.8. The molecule has 4 bridgehead atoms. The number of methoxy groups -OCH3 is 1. The lowest BCUT2D eigenvalue weighted by atomic mass is 9.83. The molecule has 20 heteroatoms. The molecule has 0 aliphatic carbocycles. The van der Waals surface area contributed by atoms with Gasteiger partial charge in [-0.05, 0) is 75.9 Å². The van der Waals surface area contributed by atoms with Gasteiger partial charge in [0.2, 0.25) is 17.7 Å². The molecule has 0 spiro atoms. The number of fused-ring (bicyclic) bond motifs is 6. The summed E-state index contributed by atoms with van der Waals surface area (Å²) in [6, 6.07) is 13.0. The van der Waals surface area contributed by atoms with Crippen LogP contribution in [0.1, 0.15) is 70.2 Å². The molecule has 19 nitrogen and oxygen atoms in total. The Bertz CT molecular complexity index is 2520. The van der Waals surface area contributed by atoms with Crippen molar-refractivity contribution in [3.63, 3.8) is 0 Å². The Hall–Kier alpha value is -5.38. The van der Waals surface area contributed by atoms with Gasteiger partial charge in [0, 0.05) is 71.3 Å². The second-order valence-corrected chi connectivity index (χ2v) is 19.9. The average Bonchev–Trinajstić information content (AvgIpc) is 3.93. The van der Waals surface area contributed by atoms with Crippen molar-refractivity contribution in [2.75, 3.05) is 73.2 Å². The first-order chi connectivity index (χ1) is 34.7. The van der Waals surface area contributed by atoms with Gasteiger partial charge in [-0.25, -0.2) is 14.6 Å². The molecule has 73 heavy (non-hydrogen) atoms. The highest BCUT2D eigenvalue weighted by Gasteiger charge is 2.64. The number of aryl methyl sites for hydroxylation is 2. The number of epoxide rings is 1. The number of rotatable bonds is 19. The third-order valence-electron chi connectivity index (χ3n) is 14.2. The molecule has 1 unspecified atom stereocenters. The molecule has 2 aromatic carbocycles. The van der Waals surface area contributed by atoms with Gasteiger partial charge in [-0.15, -0.1) is 0 Å². The van der Waals surface area contributed by atoms with E-state index in [2.05, 4.69) is 38.8 Å². The zero-order valence-electron chi connectivity index (χ0n) is 43.8. The first-order valence-corrected chi connectivity index (χ1v) is 25.2. The zero-order chi connectivity index (χ0) is 53.2. The van der Waals surface area contributed by atoms with Crippen molar-refractivity contribution < 1.29 is 57.5 Å². The monoisotopic (exact) mass is 1040 g/mol. The zero-order valence-corrected chi connectivity index (χ0v) is 44.6. The number of carbonyl (C=O) groups excluding carboxylic acids is 5.